The van der Waals surface area contributed by atoms with E-state index < -0.39 is 0 Å². The van der Waals surface area contributed by atoms with Gasteiger partial charge in [0.1, 0.15) is 11.8 Å². The second-order valence-electron chi connectivity index (χ2n) is 7.87. The molecular weight excluding hydrogens is 440 g/mol. The highest BCUT2D eigenvalue weighted by atomic mass is 16.5. The van der Waals surface area contributed by atoms with Crippen molar-refractivity contribution < 1.29 is 18.9 Å². The van der Waals surface area contributed by atoms with Gasteiger partial charge in [0, 0.05) is 12.1 Å². The van der Waals surface area contributed by atoms with E-state index in [9.17, 15) is 5.26 Å². The van der Waals surface area contributed by atoms with Gasteiger partial charge in [-0.2, -0.15) is 5.26 Å². The largest absolute Gasteiger partial charge is 0.493 e. The van der Waals surface area contributed by atoms with Crippen LogP contribution in [0.25, 0.3) is 11.6 Å². The predicted octanol–water partition coefficient (Wildman–Crippen LogP) is 6.75. The van der Waals surface area contributed by atoms with Crippen LogP contribution in [-0.2, 0) is 0 Å². The molecule has 0 aromatic heterocycles. The molecule has 0 radical (unpaired) electrons. The molecule has 0 aliphatic carbocycles. The van der Waals surface area contributed by atoms with Crippen molar-refractivity contribution in [1.29, 1.82) is 5.26 Å². The molecule has 0 heterocycles. The molecule has 2 aromatic carbocycles. The van der Waals surface area contributed by atoms with E-state index in [-0.39, 0.29) is 0 Å². The standard InChI is InChI=1S/C29H36N2O4/c1-6-8-10-11-16-31-25(21-30)24(18-22-12-14-26(32-3)28(19-22)34-5)23-13-15-27(33-4)29(20-23)35-17-9-7-2/h6,12-15,18-20H,1,7-11,16-17H2,2-5H3/b24-18+,31-25?. The average Bonchev–Trinajstić information content (AvgIpc) is 2.89. The molecule has 0 saturated carbocycles. The topological polar surface area (TPSA) is 73.1 Å². The fourth-order valence-corrected chi connectivity index (χ4v) is 3.45. The Morgan fingerprint density at radius 2 is 1.66 bits per heavy atom. The zero-order valence-electron chi connectivity index (χ0n) is 21.3. The number of hydrogen-bond acceptors (Lipinski definition) is 6. The summed E-state index contributed by atoms with van der Waals surface area (Å²) in [5.41, 5.74) is 2.74. The normalized spacial score (nSPS) is 11.5. The van der Waals surface area contributed by atoms with Gasteiger partial charge in [0.05, 0.1) is 27.9 Å². The molecule has 0 spiro atoms. The van der Waals surface area contributed by atoms with Crippen LogP contribution >= 0.6 is 0 Å². The molecule has 0 aliphatic heterocycles. The van der Waals surface area contributed by atoms with Gasteiger partial charge in [0.15, 0.2) is 23.0 Å². The average molecular weight is 477 g/mol. The number of rotatable bonds is 15. The number of allylic oxidation sites excluding steroid dienone is 2. The lowest BCUT2D eigenvalue weighted by molar-refractivity contribution is 0.288. The van der Waals surface area contributed by atoms with E-state index in [1.165, 1.54) is 0 Å². The molecule has 35 heavy (non-hydrogen) atoms. The Labute approximate surface area is 209 Å². The van der Waals surface area contributed by atoms with Crippen LogP contribution in [0, 0.1) is 11.3 Å². The number of benzene rings is 2. The van der Waals surface area contributed by atoms with E-state index in [1.54, 1.807) is 21.3 Å². The van der Waals surface area contributed by atoms with Crippen LogP contribution in [0.1, 0.15) is 50.2 Å². The lowest BCUT2D eigenvalue weighted by Gasteiger charge is -2.14. The molecular formula is C29H36N2O4. The van der Waals surface area contributed by atoms with Crippen molar-refractivity contribution in [3.63, 3.8) is 0 Å². The summed E-state index contributed by atoms with van der Waals surface area (Å²) in [7, 11) is 4.82. The Balaban J connectivity index is 2.56. The summed E-state index contributed by atoms with van der Waals surface area (Å²) < 4.78 is 22.3. The van der Waals surface area contributed by atoms with Crippen molar-refractivity contribution >= 4 is 17.4 Å². The third-order valence-electron chi connectivity index (χ3n) is 5.40. The van der Waals surface area contributed by atoms with E-state index >= 15 is 0 Å². The number of methoxy groups -OCH3 is 3. The molecule has 0 amide bonds. The van der Waals surface area contributed by atoms with Gasteiger partial charge in [-0.3, -0.25) is 4.99 Å². The van der Waals surface area contributed by atoms with Gasteiger partial charge in [-0.1, -0.05) is 31.6 Å². The van der Waals surface area contributed by atoms with Crippen molar-refractivity contribution in [2.45, 2.75) is 39.0 Å². The quantitative estimate of drug-likeness (QED) is 0.123. The molecule has 0 saturated heterocycles. The van der Waals surface area contributed by atoms with Crippen LogP contribution in [0.5, 0.6) is 23.0 Å². The van der Waals surface area contributed by atoms with E-state index in [1.807, 2.05) is 48.6 Å². The first-order valence-electron chi connectivity index (χ1n) is 11.9. The van der Waals surface area contributed by atoms with E-state index in [2.05, 4.69) is 24.6 Å². The van der Waals surface area contributed by atoms with Crippen molar-refractivity contribution in [2.75, 3.05) is 34.5 Å². The third kappa shape index (κ3) is 8.22. The molecule has 0 aliphatic rings. The fourth-order valence-electron chi connectivity index (χ4n) is 3.45. The maximum atomic E-state index is 10.0. The van der Waals surface area contributed by atoms with Crippen LogP contribution < -0.4 is 18.9 Å². The van der Waals surface area contributed by atoms with Crippen LogP contribution in [-0.4, -0.2) is 40.2 Å². The Morgan fingerprint density at radius 1 is 0.943 bits per heavy atom. The maximum absolute atomic E-state index is 10.0. The molecule has 0 fully saturated rings. The number of nitrogens with zero attached hydrogens (tertiary/aromatic N) is 2. The number of unbranched alkanes of at least 4 members (excludes halogenated alkanes) is 3. The van der Waals surface area contributed by atoms with Crippen LogP contribution in [0.2, 0.25) is 0 Å². The van der Waals surface area contributed by atoms with Gasteiger partial charge in [0.2, 0.25) is 0 Å². The van der Waals surface area contributed by atoms with Gasteiger partial charge >= 0.3 is 0 Å². The van der Waals surface area contributed by atoms with Crippen LogP contribution in [0.4, 0.5) is 0 Å². The molecule has 186 valence electrons. The summed E-state index contributed by atoms with van der Waals surface area (Å²) in [6, 6.07) is 13.6. The van der Waals surface area contributed by atoms with E-state index in [0.717, 1.165) is 43.2 Å². The summed E-state index contributed by atoms with van der Waals surface area (Å²) in [4.78, 5) is 4.64. The summed E-state index contributed by atoms with van der Waals surface area (Å²) in [6.45, 7) is 7.03. The van der Waals surface area contributed by atoms with Crippen LogP contribution in [0.3, 0.4) is 0 Å². The highest BCUT2D eigenvalue weighted by molar-refractivity contribution is 6.34. The number of aliphatic imine (C=N–C) groups is 1. The summed E-state index contributed by atoms with van der Waals surface area (Å²) in [6.07, 6.45) is 8.61. The molecule has 6 nitrogen and oxygen atoms in total. The molecule has 2 rings (SSSR count). The Kier molecular flexibility index (Phi) is 12.0. The summed E-state index contributed by atoms with van der Waals surface area (Å²) >= 11 is 0. The van der Waals surface area contributed by atoms with Gasteiger partial charge < -0.3 is 18.9 Å². The molecule has 2 aromatic rings. The first kappa shape index (κ1) is 27.5. The van der Waals surface area contributed by atoms with Gasteiger partial charge in [-0.25, -0.2) is 0 Å². The third-order valence-corrected chi connectivity index (χ3v) is 5.40. The van der Waals surface area contributed by atoms with Gasteiger partial charge in [0.25, 0.3) is 0 Å². The SMILES string of the molecule is C=CCCCCN=C(C#N)/C(=C/c1ccc(OC)c(OC)c1)c1ccc(OC)c(OCCCC)c1. The molecule has 0 atom stereocenters. The van der Waals surface area contributed by atoms with Gasteiger partial charge in [-0.05, 0) is 67.2 Å². The highest BCUT2D eigenvalue weighted by Gasteiger charge is 2.15. The van der Waals surface area contributed by atoms with Gasteiger partial charge in [-0.15, -0.1) is 6.58 Å². The maximum Gasteiger partial charge on any atom is 0.161 e. The number of ether oxygens (including phenoxy) is 4. The fraction of sp³-hybridized carbons (Fsp3) is 0.379. The molecule has 6 heteroatoms. The van der Waals surface area contributed by atoms with Crippen molar-refractivity contribution in [2.24, 2.45) is 4.99 Å². The predicted molar refractivity (Wildman–Crippen MR) is 143 cm³/mol. The molecule has 0 bridgehead atoms. The van der Waals surface area contributed by atoms with Crippen molar-refractivity contribution in [3.05, 3.63) is 60.2 Å². The second-order valence-corrected chi connectivity index (χ2v) is 7.87. The lowest BCUT2D eigenvalue weighted by atomic mass is 9.98. The number of nitriles is 1. The summed E-state index contributed by atoms with van der Waals surface area (Å²) in [5, 5.41) is 10.0. The van der Waals surface area contributed by atoms with Crippen molar-refractivity contribution in [1.82, 2.24) is 0 Å². The van der Waals surface area contributed by atoms with E-state index in [0.29, 0.717) is 47.4 Å². The number of hydrogen-bond donors (Lipinski definition) is 0. The molecule has 0 N–H and O–H groups in total. The lowest BCUT2D eigenvalue weighted by Crippen LogP contribution is -2.04. The smallest absolute Gasteiger partial charge is 0.161 e. The van der Waals surface area contributed by atoms with Crippen molar-refractivity contribution in [3.8, 4) is 29.1 Å². The summed E-state index contributed by atoms with van der Waals surface area (Å²) in [5.74, 6) is 2.53. The monoisotopic (exact) mass is 476 g/mol. The first-order valence-corrected chi connectivity index (χ1v) is 11.9. The minimum atomic E-state index is 0.364. The second kappa shape index (κ2) is 15.2. The Hall–Kier alpha value is -3.72. The molecule has 0 unspecified atom stereocenters. The Bertz CT molecular complexity index is 1070. The minimum Gasteiger partial charge on any atom is -0.493 e. The highest BCUT2D eigenvalue weighted by Crippen LogP contribution is 2.34. The minimum absolute atomic E-state index is 0.364. The zero-order valence-corrected chi connectivity index (χ0v) is 21.3. The zero-order chi connectivity index (χ0) is 25.5. The van der Waals surface area contributed by atoms with Crippen LogP contribution in [0.15, 0.2) is 54.0 Å². The Morgan fingerprint density at radius 3 is 2.31 bits per heavy atom. The first-order chi connectivity index (χ1) is 17.1. The van der Waals surface area contributed by atoms with E-state index in [4.69, 9.17) is 18.9 Å².